The van der Waals surface area contributed by atoms with Crippen molar-refractivity contribution in [2.24, 2.45) is 0 Å². The first-order chi connectivity index (χ1) is 16.7. The molecule has 5 rings (SSSR count). The Morgan fingerprint density at radius 1 is 1.20 bits per heavy atom. The van der Waals surface area contributed by atoms with Crippen molar-refractivity contribution in [1.29, 1.82) is 5.41 Å². The molecule has 1 atom stereocenters. The van der Waals surface area contributed by atoms with Gasteiger partial charge in [-0.3, -0.25) is 14.8 Å². The molecule has 2 heterocycles. The summed E-state index contributed by atoms with van der Waals surface area (Å²) in [6.45, 7) is 3.45. The van der Waals surface area contributed by atoms with Crippen LogP contribution >= 0.6 is 0 Å². The number of fused-ring (bicyclic) bond motifs is 1. The molecule has 178 valence electrons. The maximum Gasteiger partial charge on any atom is 0.261 e. The normalized spacial score (nSPS) is 14.2. The summed E-state index contributed by atoms with van der Waals surface area (Å²) >= 11 is 0. The molecule has 0 aliphatic heterocycles. The van der Waals surface area contributed by atoms with Crippen molar-refractivity contribution in [3.8, 4) is 0 Å². The van der Waals surface area contributed by atoms with Gasteiger partial charge in [-0.05, 0) is 56.5 Å². The molecule has 10 heteroatoms. The molecule has 0 amide bonds. The number of nitrogen functional groups attached to an aromatic ring is 1. The number of aromatic nitrogens is 4. The van der Waals surface area contributed by atoms with Gasteiger partial charge in [0.05, 0.1) is 28.2 Å². The molecule has 8 nitrogen and oxygen atoms in total. The number of hydrogen-bond acceptors (Lipinski definition) is 7. The van der Waals surface area contributed by atoms with Crippen LogP contribution in [0.25, 0.3) is 10.9 Å². The monoisotopic (exact) mass is 475 g/mol. The summed E-state index contributed by atoms with van der Waals surface area (Å²) in [5.41, 5.74) is 7.16. The van der Waals surface area contributed by atoms with E-state index in [0.717, 1.165) is 12.8 Å². The maximum atomic E-state index is 14.2. The van der Waals surface area contributed by atoms with E-state index in [9.17, 15) is 13.6 Å². The third-order valence-corrected chi connectivity index (χ3v) is 6.13. The van der Waals surface area contributed by atoms with Gasteiger partial charge in [-0.15, -0.1) is 0 Å². The van der Waals surface area contributed by atoms with Gasteiger partial charge in [-0.25, -0.2) is 23.7 Å². The van der Waals surface area contributed by atoms with Crippen LogP contribution in [0.15, 0.2) is 47.5 Å². The third-order valence-electron chi connectivity index (χ3n) is 6.13. The Kier molecular flexibility index (Phi) is 5.50. The van der Waals surface area contributed by atoms with Crippen LogP contribution in [0.4, 0.5) is 20.4 Å². The van der Waals surface area contributed by atoms with Gasteiger partial charge >= 0.3 is 0 Å². The van der Waals surface area contributed by atoms with E-state index in [1.165, 1.54) is 30.6 Å². The fraction of sp³-hybridized carbons (Fsp3) is 0.240. The molecule has 1 unspecified atom stereocenters. The highest BCUT2D eigenvalue weighted by atomic mass is 19.1. The van der Waals surface area contributed by atoms with Crippen molar-refractivity contribution in [2.45, 2.75) is 38.8 Å². The first-order valence-corrected chi connectivity index (χ1v) is 11.2. The van der Waals surface area contributed by atoms with Crippen molar-refractivity contribution in [1.82, 2.24) is 19.5 Å². The molecular weight excluding hydrogens is 452 g/mol. The van der Waals surface area contributed by atoms with E-state index in [1.807, 2.05) is 6.92 Å². The SMILES string of the molecule is Cc1ccc(C(=N)c2c(N)ncnc2NC(C)c2nc3ccc(F)cc3c(=O)n2C2CC2)cc1F. The average Bonchev–Trinajstić information content (AvgIpc) is 3.66. The lowest BCUT2D eigenvalue weighted by Crippen LogP contribution is -2.28. The predicted molar refractivity (Wildman–Crippen MR) is 130 cm³/mol. The Bertz CT molecular complexity index is 1550. The number of benzene rings is 2. The van der Waals surface area contributed by atoms with E-state index in [4.69, 9.17) is 11.1 Å². The molecule has 0 bridgehead atoms. The smallest absolute Gasteiger partial charge is 0.261 e. The predicted octanol–water partition coefficient (Wildman–Crippen LogP) is 4.28. The number of anilines is 2. The Morgan fingerprint density at radius 3 is 2.69 bits per heavy atom. The second kappa shape index (κ2) is 8.53. The standard InChI is InChI=1S/C25H23F2N7O/c1-12-3-4-14(9-18(12)27)21(28)20-22(29)30-11-31-23(20)32-13(2)24-33-19-8-5-15(26)10-17(19)25(35)34(24)16-6-7-16/h3-5,8-11,13,16,28H,6-7H2,1-2H3,(H3,29,30,31,32). The molecule has 35 heavy (non-hydrogen) atoms. The Balaban J connectivity index is 1.57. The lowest BCUT2D eigenvalue weighted by Gasteiger charge is -2.21. The topological polar surface area (TPSA) is 123 Å². The minimum atomic E-state index is -0.520. The summed E-state index contributed by atoms with van der Waals surface area (Å²) in [4.78, 5) is 26.2. The third kappa shape index (κ3) is 4.11. The number of rotatable bonds is 6. The molecule has 0 spiro atoms. The van der Waals surface area contributed by atoms with Crippen LogP contribution in [-0.4, -0.2) is 25.2 Å². The summed E-state index contributed by atoms with van der Waals surface area (Å²) in [6.07, 6.45) is 2.93. The van der Waals surface area contributed by atoms with Gasteiger partial charge in [0.2, 0.25) is 0 Å². The van der Waals surface area contributed by atoms with Crippen LogP contribution < -0.4 is 16.6 Å². The Hall–Kier alpha value is -4.21. The fourth-order valence-corrected chi connectivity index (χ4v) is 4.10. The van der Waals surface area contributed by atoms with E-state index in [0.29, 0.717) is 22.5 Å². The molecule has 1 aliphatic carbocycles. The van der Waals surface area contributed by atoms with Crippen molar-refractivity contribution < 1.29 is 8.78 Å². The largest absolute Gasteiger partial charge is 0.383 e. The molecule has 2 aromatic heterocycles. The minimum Gasteiger partial charge on any atom is -0.383 e. The van der Waals surface area contributed by atoms with Gasteiger partial charge in [0, 0.05) is 11.6 Å². The zero-order valence-electron chi connectivity index (χ0n) is 19.1. The molecule has 4 aromatic rings. The Labute approximate surface area is 199 Å². The van der Waals surface area contributed by atoms with Crippen LogP contribution in [0, 0.1) is 24.0 Å². The highest BCUT2D eigenvalue weighted by Crippen LogP contribution is 2.36. The molecule has 0 saturated heterocycles. The summed E-state index contributed by atoms with van der Waals surface area (Å²) < 4.78 is 29.6. The highest BCUT2D eigenvalue weighted by molar-refractivity contribution is 6.16. The number of hydrogen-bond donors (Lipinski definition) is 3. The molecule has 4 N–H and O–H groups in total. The highest BCUT2D eigenvalue weighted by Gasteiger charge is 2.31. The van der Waals surface area contributed by atoms with Gasteiger partial charge in [0.15, 0.2) is 0 Å². The van der Waals surface area contributed by atoms with Gasteiger partial charge < -0.3 is 11.1 Å². The fourth-order valence-electron chi connectivity index (χ4n) is 4.10. The first-order valence-electron chi connectivity index (χ1n) is 11.2. The number of nitrogens with zero attached hydrogens (tertiary/aromatic N) is 4. The zero-order valence-corrected chi connectivity index (χ0v) is 19.1. The molecular formula is C25H23F2N7O. The average molecular weight is 476 g/mol. The number of nitrogens with two attached hydrogens (primary N) is 1. The summed E-state index contributed by atoms with van der Waals surface area (Å²) in [7, 11) is 0. The lowest BCUT2D eigenvalue weighted by molar-refractivity contribution is 0.606. The molecule has 0 radical (unpaired) electrons. The van der Waals surface area contributed by atoms with Crippen LogP contribution in [0.2, 0.25) is 0 Å². The van der Waals surface area contributed by atoms with E-state index in [-0.39, 0.29) is 39.9 Å². The van der Waals surface area contributed by atoms with E-state index in [2.05, 4.69) is 20.3 Å². The number of aryl methyl sites for hydroxylation is 1. The van der Waals surface area contributed by atoms with Crippen molar-refractivity contribution in [3.05, 3.63) is 87.2 Å². The maximum absolute atomic E-state index is 14.2. The summed E-state index contributed by atoms with van der Waals surface area (Å²) in [5, 5.41) is 12.1. The molecule has 1 saturated carbocycles. The number of halogens is 2. The van der Waals surface area contributed by atoms with Gasteiger partial charge in [-0.2, -0.15) is 0 Å². The lowest BCUT2D eigenvalue weighted by atomic mass is 10.0. The molecule has 2 aromatic carbocycles. The van der Waals surface area contributed by atoms with Crippen LogP contribution in [0.1, 0.15) is 54.4 Å². The number of nitrogens with one attached hydrogen (secondary N) is 2. The zero-order chi connectivity index (χ0) is 24.9. The molecule has 1 fully saturated rings. The van der Waals surface area contributed by atoms with E-state index >= 15 is 0 Å². The quantitative estimate of drug-likeness (QED) is 0.358. The van der Waals surface area contributed by atoms with Gasteiger partial charge in [0.1, 0.15) is 35.4 Å². The molecule has 1 aliphatic rings. The summed E-state index contributed by atoms with van der Waals surface area (Å²) in [5.74, 6) is -0.151. The summed E-state index contributed by atoms with van der Waals surface area (Å²) in [6, 6.07) is 7.92. The van der Waals surface area contributed by atoms with Gasteiger partial charge in [0.25, 0.3) is 5.56 Å². The van der Waals surface area contributed by atoms with Crippen LogP contribution in [-0.2, 0) is 0 Å². The first kappa shape index (κ1) is 22.6. The van der Waals surface area contributed by atoms with Crippen molar-refractivity contribution in [2.75, 3.05) is 11.1 Å². The second-order valence-corrected chi connectivity index (χ2v) is 8.73. The van der Waals surface area contributed by atoms with E-state index < -0.39 is 17.7 Å². The second-order valence-electron chi connectivity index (χ2n) is 8.73. The van der Waals surface area contributed by atoms with Crippen molar-refractivity contribution in [3.63, 3.8) is 0 Å². The van der Waals surface area contributed by atoms with E-state index in [1.54, 1.807) is 23.6 Å². The van der Waals surface area contributed by atoms with Gasteiger partial charge in [-0.1, -0.05) is 12.1 Å². The van der Waals surface area contributed by atoms with Crippen LogP contribution in [0.3, 0.4) is 0 Å². The Morgan fingerprint density at radius 2 is 1.97 bits per heavy atom. The minimum absolute atomic E-state index is 0.00862. The van der Waals surface area contributed by atoms with Crippen LogP contribution in [0.5, 0.6) is 0 Å². The van der Waals surface area contributed by atoms with Crippen molar-refractivity contribution >= 4 is 28.3 Å².